The van der Waals surface area contributed by atoms with Crippen molar-refractivity contribution < 1.29 is 9.15 Å². The summed E-state index contributed by atoms with van der Waals surface area (Å²) in [4.78, 5) is 0. The fourth-order valence-electron chi connectivity index (χ4n) is 2.05. The summed E-state index contributed by atoms with van der Waals surface area (Å²) in [5.74, 6) is 1.70. The Balaban J connectivity index is 2.07. The van der Waals surface area contributed by atoms with Crippen LogP contribution in [0.2, 0.25) is 0 Å². The maximum absolute atomic E-state index is 6.23. The molecule has 2 heterocycles. The SMILES string of the molecule is CCn1ncc(OC)c1C(N)CCc1ccco1. The average molecular weight is 249 g/mol. The van der Waals surface area contributed by atoms with Crippen LogP contribution in [0.25, 0.3) is 0 Å². The third kappa shape index (κ3) is 2.56. The van der Waals surface area contributed by atoms with Gasteiger partial charge >= 0.3 is 0 Å². The number of nitrogens with two attached hydrogens (primary N) is 1. The van der Waals surface area contributed by atoms with Crippen LogP contribution >= 0.6 is 0 Å². The molecular formula is C13H19N3O2. The molecule has 0 saturated carbocycles. The van der Waals surface area contributed by atoms with Gasteiger partial charge in [0, 0.05) is 13.0 Å². The van der Waals surface area contributed by atoms with Crippen molar-refractivity contribution in [2.24, 2.45) is 5.73 Å². The van der Waals surface area contributed by atoms with Crippen LogP contribution in [-0.2, 0) is 13.0 Å². The summed E-state index contributed by atoms with van der Waals surface area (Å²) in [6.45, 7) is 2.82. The maximum atomic E-state index is 6.23. The Morgan fingerprint density at radius 3 is 3.00 bits per heavy atom. The fourth-order valence-corrected chi connectivity index (χ4v) is 2.05. The summed E-state index contributed by atoms with van der Waals surface area (Å²) in [5.41, 5.74) is 7.18. The molecule has 0 radical (unpaired) electrons. The molecule has 1 unspecified atom stereocenters. The van der Waals surface area contributed by atoms with Gasteiger partial charge in [0.15, 0.2) is 5.75 Å². The van der Waals surface area contributed by atoms with Crippen LogP contribution in [0.15, 0.2) is 29.0 Å². The second-order valence-electron chi connectivity index (χ2n) is 4.14. The van der Waals surface area contributed by atoms with E-state index in [0.29, 0.717) is 0 Å². The van der Waals surface area contributed by atoms with Crippen LogP contribution < -0.4 is 10.5 Å². The van der Waals surface area contributed by atoms with Gasteiger partial charge < -0.3 is 14.9 Å². The molecule has 0 bridgehead atoms. The van der Waals surface area contributed by atoms with Gasteiger partial charge in [-0.1, -0.05) is 0 Å². The zero-order valence-electron chi connectivity index (χ0n) is 10.8. The van der Waals surface area contributed by atoms with Gasteiger partial charge in [0.25, 0.3) is 0 Å². The van der Waals surface area contributed by atoms with E-state index < -0.39 is 0 Å². The number of methoxy groups -OCH3 is 1. The van der Waals surface area contributed by atoms with Gasteiger partial charge in [0.05, 0.1) is 31.3 Å². The molecule has 98 valence electrons. The van der Waals surface area contributed by atoms with Crippen molar-refractivity contribution >= 4 is 0 Å². The zero-order valence-corrected chi connectivity index (χ0v) is 10.8. The van der Waals surface area contributed by atoms with E-state index in [0.717, 1.165) is 36.6 Å². The van der Waals surface area contributed by atoms with Crippen LogP contribution in [0.1, 0.15) is 30.8 Å². The lowest BCUT2D eigenvalue weighted by Crippen LogP contribution is -2.17. The zero-order chi connectivity index (χ0) is 13.0. The number of hydrogen-bond donors (Lipinski definition) is 1. The molecule has 0 aromatic carbocycles. The Kier molecular flexibility index (Phi) is 4.04. The first-order valence-electron chi connectivity index (χ1n) is 6.14. The highest BCUT2D eigenvalue weighted by atomic mass is 16.5. The maximum Gasteiger partial charge on any atom is 0.161 e. The second-order valence-corrected chi connectivity index (χ2v) is 4.14. The summed E-state index contributed by atoms with van der Waals surface area (Å²) >= 11 is 0. The van der Waals surface area contributed by atoms with Crippen LogP contribution in [0, 0.1) is 0 Å². The Morgan fingerprint density at radius 2 is 2.39 bits per heavy atom. The van der Waals surface area contributed by atoms with Crippen LogP contribution in [0.5, 0.6) is 5.75 Å². The molecule has 2 rings (SSSR count). The molecule has 0 aliphatic carbocycles. The van der Waals surface area contributed by atoms with Crippen molar-refractivity contribution in [3.8, 4) is 5.75 Å². The minimum Gasteiger partial charge on any atom is -0.493 e. The fraction of sp³-hybridized carbons (Fsp3) is 0.462. The van der Waals surface area contributed by atoms with Gasteiger partial charge in [-0.3, -0.25) is 4.68 Å². The van der Waals surface area contributed by atoms with Crippen LogP contribution in [-0.4, -0.2) is 16.9 Å². The molecule has 0 aliphatic rings. The minimum atomic E-state index is -0.104. The highest BCUT2D eigenvalue weighted by Gasteiger charge is 2.18. The predicted molar refractivity (Wildman–Crippen MR) is 68.4 cm³/mol. The summed E-state index contributed by atoms with van der Waals surface area (Å²) in [7, 11) is 1.64. The number of aromatic nitrogens is 2. The standard InChI is InChI=1S/C13H19N3O2/c1-3-16-13(12(17-2)9-15-16)11(14)7-6-10-5-4-8-18-10/h4-5,8-9,11H,3,6-7,14H2,1-2H3. The third-order valence-electron chi connectivity index (χ3n) is 3.00. The third-order valence-corrected chi connectivity index (χ3v) is 3.00. The van der Waals surface area contributed by atoms with Crippen molar-refractivity contribution in [3.05, 3.63) is 36.0 Å². The lowest BCUT2D eigenvalue weighted by molar-refractivity contribution is 0.397. The molecule has 2 aromatic heterocycles. The summed E-state index contributed by atoms with van der Waals surface area (Å²) < 4.78 is 12.5. The molecule has 18 heavy (non-hydrogen) atoms. The number of aryl methyl sites for hydroxylation is 2. The monoisotopic (exact) mass is 249 g/mol. The smallest absolute Gasteiger partial charge is 0.161 e. The van der Waals surface area contributed by atoms with E-state index in [-0.39, 0.29) is 6.04 Å². The molecule has 0 amide bonds. The highest BCUT2D eigenvalue weighted by molar-refractivity contribution is 5.28. The van der Waals surface area contributed by atoms with Gasteiger partial charge in [0.1, 0.15) is 5.76 Å². The topological polar surface area (TPSA) is 66.2 Å². The first-order valence-corrected chi connectivity index (χ1v) is 6.14. The molecular weight excluding hydrogens is 230 g/mol. The molecule has 2 N–H and O–H groups in total. The number of ether oxygens (including phenoxy) is 1. The largest absolute Gasteiger partial charge is 0.493 e. The average Bonchev–Trinajstić information content (AvgIpc) is 3.04. The summed E-state index contributed by atoms with van der Waals surface area (Å²) in [6, 6.07) is 3.74. The Hall–Kier alpha value is -1.75. The van der Waals surface area contributed by atoms with Gasteiger partial charge in [-0.2, -0.15) is 5.10 Å². The van der Waals surface area contributed by atoms with E-state index in [1.165, 1.54) is 0 Å². The minimum absolute atomic E-state index is 0.104. The number of furan rings is 1. The van der Waals surface area contributed by atoms with E-state index in [1.807, 2.05) is 23.7 Å². The number of hydrogen-bond acceptors (Lipinski definition) is 4. The second kappa shape index (κ2) is 5.73. The number of rotatable bonds is 6. The summed E-state index contributed by atoms with van der Waals surface area (Å²) in [5, 5.41) is 4.26. The molecule has 0 saturated heterocycles. The van der Waals surface area contributed by atoms with Crippen LogP contribution in [0.3, 0.4) is 0 Å². The van der Waals surface area contributed by atoms with Gasteiger partial charge in [-0.15, -0.1) is 0 Å². The Labute approximate surface area is 107 Å². The molecule has 0 aliphatic heterocycles. The molecule has 0 fully saturated rings. The molecule has 5 nitrogen and oxygen atoms in total. The quantitative estimate of drug-likeness (QED) is 0.851. The van der Waals surface area contributed by atoms with E-state index in [2.05, 4.69) is 5.10 Å². The molecule has 5 heteroatoms. The van der Waals surface area contributed by atoms with E-state index in [1.54, 1.807) is 19.6 Å². The van der Waals surface area contributed by atoms with Crippen molar-refractivity contribution in [1.29, 1.82) is 0 Å². The van der Waals surface area contributed by atoms with Crippen molar-refractivity contribution in [3.63, 3.8) is 0 Å². The van der Waals surface area contributed by atoms with Crippen molar-refractivity contribution in [2.45, 2.75) is 32.4 Å². The van der Waals surface area contributed by atoms with E-state index in [9.17, 15) is 0 Å². The molecule has 1 atom stereocenters. The van der Waals surface area contributed by atoms with Gasteiger partial charge in [0.2, 0.25) is 0 Å². The lowest BCUT2D eigenvalue weighted by Gasteiger charge is -2.14. The van der Waals surface area contributed by atoms with Gasteiger partial charge in [-0.25, -0.2) is 0 Å². The first-order chi connectivity index (χ1) is 8.76. The van der Waals surface area contributed by atoms with Crippen molar-refractivity contribution in [2.75, 3.05) is 7.11 Å². The normalized spacial score (nSPS) is 12.6. The Morgan fingerprint density at radius 1 is 1.56 bits per heavy atom. The van der Waals surface area contributed by atoms with E-state index >= 15 is 0 Å². The Bertz CT molecular complexity index is 455. The van der Waals surface area contributed by atoms with E-state index in [4.69, 9.17) is 14.9 Å². The first kappa shape index (κ1) is 12.7. The van der Waals surface area contributed by atoms with Crippen LogP contribution in [0.4, 0.5) is 0 Å². The van der Waals surface area contributed by atoms with Gasteiger partial charge in [-0.05, 0) is 25.5 Å². The molecule has 0 spiro atoms. The predicted octanol–water partition coefficient (Wildman–Crippen LogP) is 2.14. The number of nitrogens with zero attached hydrogens (tertiary/aromatic N) is 2. The van der Waals surface area contributed by atoms with Crippen molar-refractivity contribution in [1.82, 2.24) is 9.78 Å². The lowest BCUT2D eigenvalue weighted by atomic mass is 10.1. The summed E-state index contributed by atoms with van der Waals surface area (Å²) in [6.07, 6.45) is 5.01. The highest BCUT2D eigenvalue weighted by Crippen LogP contribution is 2.26. The molecule has 2 aromatic rings.